The summed E-state index contributed by atoms with van der Waals surface area (Å²) in [6, 6.07) is 3.50. The van der Waals surface area contributed by atoms with Crippen molar-refractivity contribution >= 4 is 11.9 Å². The van der Waals surface area contributed by atoms with Crippen LogP contribution >= 0.6 is 0 Å². The van der Waals surface area contributed by atoms with Gasteiger partial charge in [0.1, 0.15) is 0 Å². The highest BCUT2D eigenvalue weighted by molar-refractivity contribution is 5.91. The number of fused-ring (bicyclic) bond motifs is 1. The van der Waals surface area contributed by atoms with Gasteiger partial charge in [-0.05, 0) is 12.1 Å². The van der Waals surface area contributed by atoms with Gasteiger partial charge in [-0.3, -0.25) is 19.4 Å². The smallest absolute Gasteiger partial charge is 0.309 e. The van der Waals surface area contributed by atoms with E-state index in [9.17, 15) is 14.7 Å². The van der Waals surface area contributed by atoms with Crippen molar-refractivity contribution in [2.45, 2.75) is 6.04 Å². The third-order valence-electron chi connectivity index (χ3n) is 4.99. The van der Waals surface area contributed by atoms with Gasteiger partial charge in [0.15, 0.2) is 5.76 Å². The summed E-state index contributed by atoms with van der Waals surface area (Å²) < 4.78 is 10.4. The van der Waals surface area contributed by atoms with E-state index in [2.05, 4.69) is 9.80 Å². The summed E-state index contributed by atoms with van der Waals surface area (Å²) in [5, 5.41) is 9.50. The predicted molar refractivity (Wildman–Crippen MR) is 89.4 cm³/mol. The van der Waals surface area contributed by atoms with Crippen molar-refractivity contribution in [1.29, 1.82) is 0 Å². The number of ether oxygens (including phenoxy) is 1. The van der Waals surface area contributed by atoms with Gasteiger partial charge < -0.3 is 19.2 Å². The van der Waals surface area contributed by atoms with Gasteiger partial charge in [-0.25, -0.2) is 0 Å². The van der Waals surface area contributed by atoms with E-state index in [1.54, 1.807) is 24.1 Å². The lowest BCUT2D eigenvalue weighted by atomic mass is 10.1. The monoisotopic (exact) mass is 351 g/mol. The summed E-state index contributed by atoms with van der Waals surface area (Å²) in [7, 11) is 1.64. The Morgan fingerprint density at radius 3 is 2.80 bits per heavy atom. The molecular formula is C17H25N3O5. The number of aliphatic carboxylic acids is 1. The molecule has 0 aliphatic carbocycles. The Balaban J connectivity index is 1.70. The summed E-state index contributed by atoms with van der Waals surface area (Å²) >= 11 is 0. The Kier molecular flexibility index (Phi) is 5.72. The first-order valence-electron chi connectivity index (χ1n) is 8.59. The molecule has 0 bridgehead atoms. The molecule has 2 unspecified atom stereocenters. The van der Waals surface area contributed by atoms with Crippen LogP contribution < -0.4 is 0 Å². The fourth-order valence-corrected chi connectivity index (χ4v) is 3.63. The van der Waals surface area contributed by atoms with Gasteiger partial charge in [-0.2, -0.15) is 0 Å². The molecule has 0 spiro atoms. The van der Waals surface area contributed by atoms with Crippen molar-refractivity contribution in [2.75, 3.05) is 59.5 Å². The first-order chi connectivity index (χ1) is 12.1. The molecule has 2 aliphatic heterocycles. The van der Waals surface area contributed by atoms with Crippen LogP contribution in [0.5, 0.6) is 0 Å². The zero-order valence-electron chi connectivity index (χ0n) is 14.5. The Hall–Kier alpha value is -1.90. The molecule has 1 amide bonds. The molecule has 138 valence electrons. The van der Waals surface area contributed by atoms with E-state index < -0.39 is 11.9 Å². The quantitative estimate of drug-likeness (QED) is 0.803. The number of carbonyl (C=O) groups excluding carboxylic acids is 1. The third kappa shape index (κ3) is 4.20. The molecule has 2 saturated heterocycles. The molecule has 2 atom stereocenters. The average molecular weight is 351 g/mol. The number of hydrogen-bond donors (Lipinski definition) is 1. The number of methoxy groups -OCH3 is 1. The van der Waals surface area contributed by atoms with Gasteiger partial charge in [-0.1, -0.05) is 0 Å². The maximum Gasteiger partial charge on any atom is 0.309 e. The van der Waals surface area contributed by atoms with Gasteiger partial charge in [0.2, 0.25) is 0 Å². The second-order valence-electron chi connectivity index (χ2n) is 6.66. The van der Waals surface area contributed by atoms with Crippen LogP contribution in [0.2, 0.25) is 0 Å². The van der Waals surface area contributed by atoms with Crippen LogP contribution in [0.4, 0.5) is 0 Å². The highest BCUT2D eigenvalue weighted by Crippen LogP contribution is 2.20. The van der Waals surface area contributed by atoms with E-state index in [0.29, 0.717) is 51.6 Å². The summed E-state index contributed by atoms with van der Waals surface area (Å²) in [5.41, 5.74) is 0. The first kappa shape index (κ1) is 17.9. The number of carbonyl (C=O) groups is 2. The maximum absolute atomic E-state index is 12.5. The standard InChI is InChI=1S/C17H25N3O5/c1-24-8-6-18-9-13(17(22)23)10-19-4-5-20(12-14(19)11-18)16(21)15-3-2-7-25-15/h2-3,7,13-14H,4-6,8-12H2,1H3,(H,22,23). The van der Waals surface area contributed by atoms with Gasteiger partial charge in [0.05, 0.1) is 18.8 Å². The lowest BCUT2D eigenvalue weighted by Gasteiger charge is -2.41. The van der Waals surface area contributed by atoms with E-state index in [1.807, 2.05) is 0 Å². The van der Waals surface area contributed by atoms with Crippen molar-refractivity contribution in [3.8, 4) is 0 Å². The minimum atomic E-state index is -0.767. The number of nitrogens with zero attached hydrogens (tertiary/aromatic N) is 3. The molecule has 25 heavy (non-hydrogen) atoms. The molecule has 0 radical (unpaired) electrons. The largest absolute Gasteiger partial charge is 0.481 e. The van der Waals surface area contributed by atoms with E-state index in [4.69, 9.17) is 9.15 Å². The van der Waals surface area contributed by atoms with E-state index in [1.165, 1.54) is 6.26 Å². The lowest BCUT2D eigenvalue weighted by molar-refractivity contribution is -0.142. The van der Waals surface area contributed by atoms with Crippen LogP contribution in [0, 0.1) is 5.92 Å². The Morgan fingerprint density at radius 2 is 2.12 bits per heavy atom. The molecule has 1 aromatic heterocycles. The van der Waals surface area contributed by atoms with Crippen LogP contribution in [-0.2, 0) is 9.53 Å². The van der Waals surface area contributed by atoms with E-state index in [0.717, 1.165) is 6.54 Å². The number of hydrogen-bond acceptors (Lipinski definition) is 6. The summed E-state index contributed by atoms with van der Waals surface area (Å²) in [6.07, 6.45) is 1.50. The molecule has 1 N–H and O–H groups in total. The molecular weight excluding hydrogens is 326 g/mol. The minimum Gasteiger partial charge on any atom is -0.481 e. The third-order valence-corrected chi connectivity index (χ3v) is 4.99. The molecule has 3 heterocycles. The molecule has 0 saturated carbocycles. The van der Waals surface area contributed by atoms with Crippen LogP contribution in [-0.4, -0.2) is 97.3 Å². The second-order valence-corrected chi connectivity index (χ2v) is 6.66. The molecule has 1 aromatic rings. The Morgan fingerprint density at radius 1 is 1.28 bits per heavy atom. The van der Waals surface area contributed by atoms with Crippen LogP contribution in [0.1, 0.15) is 10.6 Å². The zero-order chi connectivity index (χ0) is 17.8. The zero-order valence-corrected chi connectivity index (χ0v) is 14.5. The van der Waals surface area contributed by atoms with Crippen molar-refractivity contribution in [1.82, 2.24) is 14.7 Å². The number of amides is 1. The van der Waals surface area contributed by atoms with Gasteiger partial charge in [-0.15, -0.1) is 0 Å². The highest BCUT2D eigenvalue weighted by Gasteiger charge is 2.37. The number of furan rings is 1. The average Bonchev–Trinajstić information content (AvgIpc) is 3.07. The summed E-state index contributed by atoms with van der Waals surface area (Å²) in [4.78, 5) is 30.2. The Labute approximate surface area is 146 Å². The fourth-order valence-electron chi connectivity index (χ4n) is 3.63. The van der Waals surface area contributed by atoms with Crippen molar-refractivity contribution < 1.29 is 23.8 Å². The van der Waals surface area contributed by atoms with E-state index in [-0.39, 0.29) is 11.9 Å². The number of piperazine rings is 1. The number of carboxylic acids is 1. The lowest BCUT2D eigenvalue weighted by Crippen LogP contribution is -2.57. The predicted octanol–water partition coefficient (Wildman–Crippen LogP) is 0.0688. The topological polar surface area (TPSA) is 86.5 Å². The maximum atomic E-state index is 12.5. The van der Waals surface area contributed by atoms with Crippen molar-refractivity contribution in [3.05, 3.63) is 24.2 Å². The highest BCUT2D eigenvalue weighted by atomic mass is 16.5. The first-order valence-corrected chi connectivity index (χ1v) is 8.59. The molecule has 3 rings (SSSR count). The Bertz CT molecular complexity index is 591. The fraction of sp³-hybridized carbons (Fsp3) is 0.647. The number of rotatable bonds is 5. The van der Waals surface area contributed by atoms with Crippen LogP contribution in [0.3, 0.4) is 0 Å². The molecule has 8 heteroatoms. The summed E-state index contributed by atoms with van der Waals surface area (Å²) in [5.74, 6) is -0.944. The van der Waals surface area contributed by atoms with Gasteiger partial charge >= 0.3 is 5.97 Å². The van der Waals surface area contributed by atoms with Crippen LogP contribution in [0.25, 0.3) is 0 Å². The van der Waals surface area contributed by atoms with Crippen LogP contribution in [0.15, 0.2) is 22.8 Å². The molecule has 0 aromatic carbocycles. The van der Waals surface area contributed by atoms with Crippen molar-refractivity contribution in [2.24, 2.45) is 5.92 Å². The van der Waals surface area contributed by atoms with E-state index >= 15 is 0 Å². The minimum absolute atomic E-state index is 0.105. The normalized spacial score (nSPS) is 25.4. The molecule has 2 fully saturated rings. The summed E-state index contributed by atoms with van der Waals surface area (Å²) in [6.45, 7) is 4.86. The second kappa shape index (κ2) is 7.99. The SMILES string of the molecule is COCCN1CC(C(=O)O)CN2CCN(C(=O)c3ccco3)CC2C1. The molecule has 2 aliphatic rings. The molecule has 8 nitrogen and oxygen atoms in total. The van der Waals surface area contributed by atoms with Gasteiger partial charge in [0.25, 0.3) is 5.91 Å². The van der Waals surface area contributed by atoms with Crippen molar-refractivity contribution in [3.63, 3.8) is 0 Å². The van der Waals surface area contributed by atoms with Gasteiger partial charge in [0, 0.05) is 59.0 Å². The number of carboxylic acid groups (broad SMARTS) is 1.